The van der Waals surface area contributed by atoms with Gasteiger partial charge in [-0.3, -0.25) is 0 Å². The Hall–Kier alpha value is -2.53. The highest BCUT2D eigenvalue weighted by atomic mass is 127. The minimum absolute atomic E-state index is 0.536. The standard InChI is InChI=1S/C24H19IO2/c1-26-19-12-13-20-21(14-19)23(27-16-17-8-4-2-5-9-17)15-22(25)24(20)18-10-6-3-7-11-18/h2-15H,16H2,1H3. The molecular formula is C24H19IO2. The lowest BCUT2D eigenvalue weighted by atomic mass is 9.97. The van der Waals surface area contributed by atoms with Crippen LogP contribution in [0.1, 0.15) is 5.56 Å². The van der Waals surface area contributed by atoms with Crippen LogP contribution in [0.4, 0.5) is 0 Å². The third-order valence-corrected chi connectivity index (χ3v) is 5.41. The van der Waals surface area contributed by atoms with E-state index in [4.69, 9.17) is 9.47 Å². The van der Waals surface area contributed by atoms with Gasteiger partial charge in [-0.05, 0) is 63.4 Å². The molecule has 0 saturated heterocycles. The Morgan fingerprint density at radius 3 is 2.19 bits per heavy atom. The van der Waals surface area contributed by atoms with Crippen LogP contribution in [0.2, 0.25) is 0 Å². The molecule has 0 bridgehead atoms. The summed E-state index contributed by atoms with van der Waals surface area (Å²) in [6.07, 6.45) is 0. The van der Waals surface area contributed by atoms with Crippen molar-refractivity contribution in [3.63, 3.8) is 0 Å². The van der Waals surface area contributed by atoms with Crippen LogP contribution in [0.5, 0.6) is 11.5 Å². The van der Waals surface area contributed by atoms with Gasteiger partial charge in [-0.1, -0.05) is 60.7 Å². The Balaban J connectivity index is 1.84. The number of ether oxygens (including phenoxy) is 2. The number of benzene rings is 4. The lowest BCUT2D eigenvalue weighted by Crippen LogP contribution is -1.98. The van der Waals surface area contributed by atoms with Gasteiger partial charge in [0.05, 0.1) is 7.11 Å². The highest BCUT2D eigenvalue weighted by molar-refractivity contribution is 14.1. The summed E-state index contributed by atoms with van der Waals surface area (Å²) in [5.74, 6) is 1.70. The fraction of sp³-hybridized carbons (Fsp3) is 0.0833. The first kappa shape index (κ1) is 17.9. The lowest BCUT2D eigenvalue weighted by Gasteiger charge is -2.16. The van der Waals surface area contributed by atoms with Crippen LogP contribution in [0.25, 0.3) is 21.9 Å². The maximum atomic E-state index is 6.22. The third-order valence-electron chi connectivity index (χ3n) is 4.56. The Morgan fingerprint density at radius 1 is 0.778 bits per heavy atom. The van der Waals surface area contributed by atoms with Crippen molar-refractivity contribution in [2.24, 2.45) is 0 Å². The summed E-state index contributed by atoms with van der Waals surface area (Å²) in [6.45, 7) is 0.536. The zero-order valence-electron chi connectivity index (χ0n) is 15.0. The van der Waals surface area contributed by atoms with Gasteiger partial charge in [-0.2, -0.15) is 0 Å². The molecule has 4 rings (SSSR count). The Kier molecular flexibility index (Phi) is 5.30. The minimum Gasteiger partial charge on any atom is -0.497 e. The first-order chi connectivity index (χ1) is 13.3. The Bertz CT molecular complexity index is 1060. The number of halogens is 1. The molecule has 0 aliphatic heterocycles. The molecule has 0 aliphatic rings. The Morgan fingerprint density at radius 2 is 1.48 bits per heavy atom. The van der Waals surface area contributed by atoms with Gasteiger partial charge in [0, 0.05) is 14.5 Å². The maximum Gasteiger partial charge on any atom is 0.128 e. The van der Waals surface area contributed by atoms with Crippen LogP contribution >= 0.6 is 22.6 Å². The van der Waals surface area contributed by atoms with Crippen molar-refractivity contribution in [1.29, 1.82) is 0 Å². The molecule has 3 heteroatoms. The van der Waals surface area contributed by atoms with Gasteiger partial charge in [0.2, 0.25) is 0 Å². The number of rotatable bonds is 5. The highest BCUT2D eigenvalue weighted by Gasteiger charge is 2.14. The van der Waals surface area contributed by atoms with Crippen LogP contribution in [0.15, 0.2) is 84.9 Å². The highest BCUT2D eigenvalue weighted by Crippen LogP contribution is 2.40. The van der Waals surface area contributed by atoms with E-state index in [9.17, 15) is 0 Å². The molecular weight excluding hydrogens is 447 g/mol. The molecule has 2 nitrogen and oxygen atoms in total. The summed E-state index contributed by atoms with van der Waals surface area (Å²) in [5, 5.41) is 2.22. The van der Waals surface area contributed by atoms with Crippen LogP contribution in [-0.4, -0.2) is 7.11 Å². The predicted octanol–water partition coefficient (Wildman–Crippen LogP) is 6.70. The number of hydrogen-bond acceptors (Lipinski definition) is 2. The molecule has 4 aromatic carbocycles. The molecule has 27 heavy (non-hydrogen) atoms. The van der Waals surface area contributed by atoms with E-state index in [1.54, 1.807) is 7.11 Å². The molecule has 0 saturated carbocycles. The lowest BCUT2D eigenvalue weighted by molar-refractivity contribution is 0.310. The van der Waals surface area contributed by atoms with Crippen molar-refractivity contribution in [3.8, 4) is 22.6 Å². The van der Waals surface area contributed by atoms with E-state index in [0.29, 0.717) is 6.61 Å². The van der Waals surface area contributed by atoms with E-state index in [1.165, 1.54) is 14.7 Å². The van der Waals surface area contributed by atoms with Gasteiger partial charge in [-0.15, -0.1) is 0 Å². The minimum atomic E-state index is 0.536. The first-order valence-corrected chi connectivity index (χ1v) is 9.86. The number of hydrogen-bond donors (Lipinski definition) is 0. The van der Waals surface area contributed by atoms with Crippen molar-refractivity contribution in [2.75, 3.05) is 7.11 Å². The van der Waals surface area contributed by atoms with Crippen molar-refractivity contribution in [3.05, 3.63) is 94.1 Å². The second kappa shape index (κ2) is 8.01. The van der Waals surface area contributed by atoms with Gasteiger partial charge < -0.3 is 9.47 Å². The molecule has 0 aromatic heterocycles. The quantitative estimate of drug-likeness (QED) is 0.305. The van der Waals surface area contributed by atoms with Crippen LogP contribution in [-0.2, 0) is 6.61 Å². The van der Waals surface area contributed by atoms with E-state index in [1.807, 2.05) is 30.3 Å². The SMILES string of the molecule is COc1ccc2c(-c3ccccc3)c(I)cc(OCc3ccccc3)c2c1. The van der Waals surface area contributed by atoms with E-state index in [2.05, 4.69) is 77.2 Å². The Labute approximate surface area is 172 Å². The molecule has 0 atom stereocenters. The summed E-state index contributed by atoms with van der Waals surface area (Å²) < 4.78 is 12.8. The summed E-state index contributed by atoms with van der Waals surface area (Å²) in [5.41, 5.74) is 3.57. The van der Waals surface area contributed by atoms with E-state index in [-0.39, 0.29) is 0 Å². The topological polar surface area (TPSA) is 18.5 Å². The number of fused-ring (bicyclic) bond motifs is 1. The van der Waals surface area contributed by atoms with Gasteiger partial charge in [0.15, 0.2) is 0 Å². The zero-order valence-corrected chi connectivity index (χ0v) is 17.1. The average Bonchev–Trinajstić information content (AvgIpc) is 2.73. The predicted molar refractivity (Wildman–Crippen MR) is 119 cm³/mol. The second-order valence-electron chi connectivity index (χ2n) is 6.28. The fourth-order valence-corrected chi connectivity index (χ4v) is 4.10. The molecule has 0 radical (unpaired) electrons. The van der Waals surface area contributed by atoms with Crippen molar-refractivity contribution in [1.82, 2.24) is 0 Å². The average molecular weight is 466 g/mol. The van der Waals surface area contributed by atoms with Gasteiger partial charge in [0.1, 0.15) is 18.1 Å². The monoisotopic (exact) mass is 466 g/mol. The maximum absolute atomic E-state index is 6.22. The van der Waals surface area contributed by atoms with Crippen LogP contribution in [0.3, 0.4) is 0 Å². The second-order valence-corrected chi connectivity index (χ2v) is 7.45. The molecule has 0 aliphatic carbocycles. The zero-order chi connectivity index (χ0) is 18.6. The summed E-state index contributed by atoms with van der Waals surface area (Å²) in [7, 11) is 1.69. The molecule has 0 fully saturated rings. The molecule has 0 spiro atoms. The normalized spacial score (nSPS) is 10.7. The molecule has 0 unspecified atom stereocenters. The number of methoxy groups -OCH3 is 1. The fourth-order valence-electron chi connectivity index (χ4n) is 3.22. The molecule has 0 amide bonds. The summed E-state index contributed by atoms with van der Waals surface area (Å²) in [4.78, 5) is 0. The van der Waals surface area contributed by atoms with Crippen LogP contribution < -0.4 is 9.47 Å². The van der Waals surface area contributed by atoms with Gasteiger partial charge in [-0.25, -0.2) is 0 Å². The van der Waals surface area contributed by atoms with E-state index >= 15 is 0 Å². The van der Waals surface area contributed by atoms with E-state index in [0.717, 1.165) is 27.8 Å². The van der Waals surface area contributed by atoms with Gasteiger partial charge >= 0.3 is 0 Å². The van der Waals surface area contributed by atoms with E-state index < -0.39 is 0 Å². The van der Waals surface area contributed by atoms with Gasteiger partial charge in [0.25, 0.3) is 0 Å². The smallest absolute Gasteiger partial charge is 0.128 e. The molecule has 134 valence electrons. The van der Waals surface area contributed by atoms with Crippen molar-refractivity contribution in [2.45, 2.75) is 6.61 Å². The molecule has 0 N–H and O–H groups in total. The first-order valence-electron chi connectivity index (χ1n) is 8.78. The molecule has 0 heterocycles. The third kappa shape index (κ3) is 3.78. The summed E-state index contributed by atoms with van der Waals surface area (Å²) in [6, 6.07) is 29.0. The summed E-state index contributed by atoms with van der Waals surface area (Å²) >= 11 is 2.40. The van der Waals surface area contributed by atoms with Crippen molar-refractivity contribution >= 4 is 33.4 Å². The largest absolute Gasteiger partial charge is 0.497 e. The van der Waals surface area contributed by atoms with Crippen molar-refractivity contribution < 1.29 is 9.47 Å². The molecule has 4 aromatic rings. The van der Waals surface area contributed by atoms with Crippen LogP contribution in [0, 0.1) is 3.57 Å².